The highest BCUT2D eigenvalue weighted by Crippen LogP contribution is 2.29. The molecule has 0 heterocycles. The highest BCUT2D eigenvalue weighted by atomic mass is 16.5. The summed E-state index contributed by atoms with van der Waals surface area (Å²) in [6.07, 6.45) is 4.36. The van der Waals surface area contributed by atoms with E-state index in [-0.39, 0.29) is 18.1 Å². The van der Waals surface area contributed by atoms with Crippen LogP contribution < -0.4 is 14.8 Å². The fourth-order valence-corrected chi connectivity index (χ4v) is 1.97. The zero-order valence-corrected chi connectivity index (χ0v) is 15.3. The molecule has 0 radical (unpaired) electrons. The van der Waals surface area contributed by atoms with Crippen molar-refractivity contribution in [3.05, 3.63) is 29.8 Å². The SMILES string of the molecule is COc1cc(/C=C/C(=O)NCCCOC(C)C)ccc1OC(C)C. The van der Waals surface area contributed by atoms with Crippen LogP contribution in [0.15, 0.2) is 24.3 Å². The van der Waals surface area contributed by atoms with Crippen LogP contribution in [-0.4, -0.2) is 38.4 Å². The van der Waals surface area contributed by atoms with Crippen molar-refractivity contribution in [2.75, 3.05) is 20.3 Å². The lowest BCUT2D eigenvalue weighted by Crippen LogP contribution is -2.23. The maximum absolute atomic E-state index is 11.8. The standard InChI is InChI=1S/C19H29NO4/c1-14(2)23-12-6-11-20-19(21)10-8-16-7-9-17(24-15(3)4)18(13-16)22-5/h7-10,13-15H,6,11-12H2,1-5H3,(H,20,21)/b10-8+. The maximum Gasteiger partial charge on any atom is 0.244 e. The van der Waals surface area contributed by atoms with Gasteiger partial charge in [0.15, 0.2) is 11.5 Å². The molecule has 0 fully saturated rings. The predicted octanol–water partition coefficient (Wildman–Crippen LogP) is 3.43. The Hall–Kier alpha value is -2.01. The molecule has 0 aliphatic carbocycles. The number of rotatable bonds is 10. The van der Waals surface area contributed by atoms with Gasteiger partial charge in [0.1, 0.15) is 0 Å². The van der Waals surface area contributed by atoms with Crippen molar-refractivity contribution in [3.63, 3.8) is 0 Å². The second kappa shape index (κ2) is 10.7. The van der Waals surface area contributed by atoms with Crippen LogP contribution in [0.5, 0.6) is 11.5 Å². The summed E-state index contributed by atoms with van der Waals surface area (Å²) >= 11 is 0. The quantitative estimate of drug-likeness (QED) is 0.526. The fourth-order valence-electron chi connectivity index (χ4n) is 1.97. The van der Waals surface area contributed by atoms with Gasteiger partial charge in [-0.3, -0.25) is 4.79 Å². The molecule has 0 aliphatic rings. The van der Waals surface area contributed by atoms with E-state index in [2.05, 4.69) is 5.32 Å². The van der Waals surface area contributed by atoms with Crippen LogP contribution in [0.2, 0.25) is 0 Å². The van der Waals surface area contributed by atoms with Crippen LogP contribution in [0.3, 0.4) is 0 Å². The van der Waals surface area contributed by atoms with Crippen LogP contribution >= 0.6 is 0 Å². The Bertz CT molecular complexity index is 538. The molecule has 5 nitrogen and oxygen atoms in total. The van der Waals surface area contributed by atoms with E-state index < -0.39 is 0 Å². The number of ether oxygens (including phenoxy) is 3. The summed E-state index contributed by atoms with van der Waals surface area (Å²) < 4.78 is 16.4. The van der Waals surface area contributed by atoms with Gasteiger partial charge in [0.25, 0.3) is 0 Å². The van der Waals surface area contributed by atoms with E-state index in [9.17, 15) is 4.79 Å². The van der Waals surface area contributed by atoms with Crippen LogP contribution in [-0.2, 0) is 9.53 Å². The van der Waals surface area contributed by atoms with Crippen molar-refractivity contribution in [3.8, 4) is 11.5 Å². The van der Waals surface area contributed by atoms with Gasteiger partial charge >= 0.3 is 0 Å². The fraction of sp³-hybridized carbons (Fsp3) is 0.526. The third kappa shape index (κ3) is 8.02. The molecule has 0 aromatic heterocycles. The topological polar surface area (TPSA) is 56.8 Å². The molecule has 0 aliphatic heterocycles. The van der Waals surface area contributed by atoms with E-state index in [1.807, 2.05) is 45.9 Å². The smallest absolute Gasteiger partial charge is 0.244 e. The first-order valence-electron chi connectivity index (χ1n) is 8.34. The average Bonchev–Trinajstić information content (AvgIpc) is 2.52. The van der Waals surface area contributed by atoms with E-state index in [1.54, 1.807) is 13.2 Å². The first-order chi connectivity index (χ1) is 11.4. The van der Waals surface area contributed by atoms with Crippen molar-refractivity contribution < 1.29 is 19.0 Å². The van der Waals surface area contributed by atoms with Gasteiger partial charge < -0.3 is 19.5 Å². The van der Waals surface area contributed by atoms with E-state index in [4.69, 9.17) is 14.2 Å². The van der Waals surface area contributed by atoms with E-state index in [1.165, 1.54) is 6.08 Å². The third-order valence-corrected chi connectivity index (χ3v) is 3.05. The van der Waals surface area contributed by atoms with Gasteiger partial charge in [-0.15, -0.1) is 0 Å². The van der Waals surface area contributed by atoms with Gasteiger partial charge in [-0.1, -0.05) is 6.07 Å². The number of benzene rings is 1. The summed E-state index contributed by atoms with van der Waals surface area (Å²) in [4.78, 5) is 11.8. The molecule has 5 heteroatoms. The van der Waals surface area contributed by atoms with E-state index >= 15 is 0 Å². The second-order valence-corrected chi connectivity index (χ2v) is 5.97. The molecule has 1 amide bonds. The summed E-state index contributed by atoms with van der Waals surface area (Å²) in [6.45, 7) is 9.16. The zero-order valence-electron chi connectivity index (χ0n) is 15.3. The number of hydrogen-bond acceptors (Lipinski definition) is 4. The average molecular weight is 335 g/mol. The molecule has 0 saturated carbocycles. The Morgan fingerprint density at radius 2 is 1.92 bits per heavy atom. The van der Waals surface area contributed by atoms with Crippen LogP contribution in [0, 0.1) is 0 Å². The molecule has 134 valence electrons. The summed E-state index contributed by atoms with van der Waals surface area (Å²) in [5.41, 5.74) is 0.876. The van der Waals surface area contributed by atoms with Gasteiger partial charge in [-0.25, -0.2) is 0 Å². The minimum atomic E-state index is -0.124. The number of nitrogens with one attached hydrogen (secondary N) is 1. The zero-order chi connectivity index (χ0) is 17.9. The van der Waals surface area contributed by atoms with Gasteiger partial charge in [0, 0.05) is 19.2 Å². The molecule has 1 rings (SSSR count). The number of carbonyl (C=O) groups excluding carboxylic acids is 1. The Morgan fingerprint density at radius 1 is 1.17 bits per heavy atom. The van der Waals surface area contributed by atoms with Gasteiger partial charge in [-0.05, 0) is 57.9 Å². The van der Waals surface area contributed by atoms with Crippen LogP contribution in [0.4, 0.5) is 0 Å². The number of amides is 1. The third-order valence-electron chi connectivity index (χ3n) is 3.05. The first kappa shape index (κ1) is 20.0. The minimum Gasteiger partial charge on any atom is -0.493 e. The lowest BCUT2D eigenvalue weighted by Gasteiger charge is -2.13. The highest BCUT2D eigenvalue weighted by Gasteiger charge is 2.06. The maximum atomic E-state index is 11.8. The van der Waals surface area contributed by atoms with Crippen molar-refractivity contribution in [2.24, 2.45) is 0 Å². The highest BCUT2D eigenvalue weighted by molar-refractivity contribution is 5.91. The van der Waals surface area contributed by atoms with Crippen molar-refractivity contribution in [1.82, 2.24) is 5.32 Å². The van der Waals surface area contributed by atoms with Crippen molar-refractivity contribution >= 4 is 12.0 Å². The van der Waals surface area contributed by atoms with Gasteiger partial charge in [-0.2, -0.15) is 0 Å². The van der Waals surface area contributed by atoms with Gasteiger partial charge in [0.2, 0.25) is 5.91 Å². The van der Waals surface area contributed by atoms with E-state index in [0.29, 0.717) is 24.7 Å². The lowest BCUT2D eigenvalue weighted by atomic mass is 10.2. The van der Waals surface area contributed by atoms with Crippen molar-refractivity contribution in [1.29, 1.82) is 0 Å². The largest absolute Gasteiger partial charge is 0.493 e. The Labute approximate surface area is 145 Å². The number of carbonyl (C=O) groups is 1. The summed E-state index contributed by atoms with van der Waals surface area (Å²) in [6, 6.07) is 5.58. The van der Waals surface area contributed by atoms with Gasteiger partial charge in [0.05, 0.1) is 19.3 Å². The molecule has 24 heavy (non-hydrogen) atoms. The second-order valence-electron chi connectivity index (χ2n) is 5.97. The first-order valence-corrected chi connectivity index (χ1v) is 8.34. The van der Waals surface area contributed by atoms with Crippen LogP contribution in [0.25, 0.3) is 6.08 Å². The normalized spacial score (nSPS) is 11.3. The monoisotopic (exact) mass is 335 g/mol. The Kier molecular flexibility index (Phi) is 8.94. The number of hydrogen-bond donors (Lipinski definition) is 1. The summed E-state index contributed by atoms with van der Waals surface area (Å²) in [7, 11) is 1.60. The number of methoxy groups -OCH3 is 1. The van der Waals surface area contributed by atoms with Crippen LogP contribution in [0.1, 0.15) is 39.7 Å². The molecular formula is C19H29NO4. The Morgan fingerprint density at radius 3 is 2.54 bits per heavy atom. The molecule has 0 atom stereocenters. The molecular weight excluding hydrogens is 306 g/mol. The lowest BCUT2D eigenvalue weighted by molar-refractivity contribution is -0.116. The van der Waals surface area contributed by atoms with Crippen molar-refractivity contribution in [2.45, 2.75) is 46.3 Å². The predicted molar refractivity (Wildman–Crippen MR) is 96.5 cm³/mol. The summed E-state index contributed by atoms with van der Waals surface area (Å²) in [5, 5.41) is 2.83. The molecule has 1 aromatic rings. The Balaban J connectivity index is 2.49. The molecule has 1 aromatic carbocycles. The molecule has 1 N–H and O–H groups in total. The molecule has 0 bridgehead atoms. The summed E-state index contributed by atoms with van der Waals surface area (Å²) in [5.74, 6) is 1.22. The van der Waals surface area contributed by atoms with E-state index in [0.717, 1.165) is 12.0 Å². The molecule has 0 spiro atoms. The molecule has 0 saturated heterocycles. The minimum absolute atomic E-state index is 0.0748. The molecule has 0 unspecified atom stereocenters.